The summed E-state index contributed by atoms with van der Waals surface area (Å²) in [5, 5.41) is 6.02. The van der Waals surface area contributed by atoms with Crippen molar-refractivity contribution in [3.8, 4) is 11.3 Å². The van der Waals surface area contributed by atoms with E-state index in [-0.39, 0.29) is 37.9 Å². The van der Waals surface area contributed by atoms with E-state index in [1.807, 2.05) is 0 Å². The Morgan fingerprint density at radius 2 is 1.81 bits per heavy atom. The summed E-state index contributed by atoms with van der Waals surface area (Å²) >= 11 is 0.708. The van der Waals surface area contributed by atoms with Gasteiger partial charge in [-0.2, -0.15) is 18.3 Å². The maximum Gasteiger partial charge on any atom is 0.433 e. The zero-order valence-corrected chi connectivity index (χ0v) is 19.3. The lowest BCUT2D eigenvalue weighted by molar-refractivity contribution is -0.142. The lowest BCUT2D eigenvalue weighted by Crippen LogP contribution is -2.16. The summed E-state index contributed by atoms with van der Waals surface area (Å²) in [5.74, 6) is -3.25. The van der Waals surface area contributed by atoms with E-state index in [1.54, 1.807) is 0 Å². The Morgan fingerprint density at radius 3 is 2.39 bits per heavy atom. The Kier molecular flexibility index (Phi) is 6.22. The van der Waals surface area contributed by atoms with Gasteiger partial charge in [-0.3, -0.25) is 9.59 Å². The molecule has 0 spiro atoms. The predicted molar refractivity (Wildman–Crippen MR) is 120 cm³/mol. The largest absolute Gasteiger partial charge is 0.465 e. The summed E-state index contributed by atoms with van der Waals surface area (Å²) in [6.45, 7) is 1.43. The van der Waals surface area contributed by atoms with Crippen LogP contribution in [0.25, 0.3) is 16.9 Å². The highest BCUT2D eigenvalue weighted by atomic mass is 32.1. The molecule has 0 radical (unpaired) electrons. The number of thiophene rings is 1. The molecule has 0 saturated heterocycles. The van der Waals surface area contributed by atoms with E-state index in [0.29, 0.717) is 15.9 Å². The van der Waals surface area contributed by atoms with Crippen molar-refractivity contribution < 1.29 is 36.7 Å². The van der Waals surface area contributed by atoms with Gasteiger partial charge >= 0.3 is 12.1 Å². The Bertz CT molecular complexity index is 1530. The maximum absolute atomic E-state index is 13.8. The Balaban J connectivity index is 1.79. The van der Waals surface area contributed by atoms with Gasteiger partial charge in [0.25, 0.3) is 11.8 Å². The molecule has 0 bridgehead atoms. The second-order valence-electron chi connectivity index (χ2n) is 7.40. The number of nitrogens with zero attached hydrogens (tertiary/aromatic N) is 3. The Hall–Kier alpha value is -4.33. The normalized spacial score (nSPS) is 11.5. The molecule has 3 N–H and O–H groups in total. The Labute approximate surface area is 203 Å². The number of esters is 1. The smallest absolute Gasteiger partial charge is 0.433 e. The topological polar surface area (TPSA) is 129 Å². The number of methoxy groups -OCH3 is 1. The Morgan fingerprint density at radius 1 is 1.14 bits per heavy atom. The summed E-state index contributed by atoms with van der Waals surface area (Å²) < 4.78 is 59.8. The number of ether oxygens (including phenoxy) is 1. The van der Waals surface area contributed by atoms with E-state index >= 15 is 0 Å². The van der Waals surface area contributed by atoms with Gasteiger partial charge < -0.3 is 15.8 Å². The molecule has 0 atom stereocenters. The van der Waals surface area contributed by atoms with Gasteiger partial charge in [0.05, 0.1) is 23.2 Å². The summed E-state index contributed by atoms with van der Waals surface area (Å²) in [6.07, 6.45) is -4.87. The molecule has 36 heavy (non-hydrogen) atoms. The number of amides is 2. The fourth-order valence-corrected chi connectivity index (χ4v) is 4.45. The van der Waals surface area contributed by atoms with Crippen molar-refractivity contribution >= 4 is 39.8 Å². The highest BCUT2D eigenvalue weighted by Gasteiger charge is 2.36. The quantitative estimate of drug-likeness (QED) is 0.301. The van der Waals surface area contributed by atoms with Gasteiger partial charge in [-0.1, -0.05) is 0 Å². The minimum Gasteiger partial charge on any atom is -0.465 e. The van der Waals surface area contributed by atoms with Crippen LogP contribution in [0.2, 0.25) is 0 Å². The molecule has 1 aromatic carbocycles. The van der Waals surface area contributed by atoms with Crippen LogP contribution in [0.3, 0.4) is 0 Å². The number of halogens is 4. The van der Waals surface area contributed by atoms with Crippen LogP contribution >= 0.6 is 11.3 Å². The molecule has 0 aliphatic heterocycles. The standard InChI is InChI=1S/C22H15F4N5O4S/c1-9-16(21(34)35-2)20(36-17(9)18(27)32)29-19(33)13-8-15-28-12(10-3-5-11(23)6-4-10)7-14(22(24,25)26)31(15)30-13/h3-8H,1-2H3,(H2,27,32)(H,29,33). The number of primary amides is 1. The number of alkyl halides is 3. The summed E-state index contributed by atoms with van der Waals surface area (Å²) in [4.78, 5) is 40.9. The highest BCUT2D eigenvalue weighted by Crippen LogP contribution is 2.35. The number of hydrogen-bond acceptors (Lipinski definition) is 7. The van der Waals surface area contributed by atoms with Gasteiger partial charge in [0, 0.05) is 11.6 Å². The average molecular weight is 521 g/mol. The molecule has 2 amide bonds. The molecule has 3 heterocycles. The van der Waals surface area contributed by atoms with Gasteiger partial charge in [-0.25, -0.2) is 18.7 Å². The summed E-state index contributed by atoms with van der Waals surface area (Å²) in [5.41, 5.74) is 3.49. The first-order valence-electron chi connectivity index (χ1n) is 9.97. The minimum absolute atomic E-state index is 0.00864. The molecule has 4 rings (SSSR count). The minimum atomic E-state index is -4.87. The SMILES string of the molecule is COC(=O)c1c(NC(=O)c2cc3nc(-c4ccc(F)cc4)cc(C(F)(F)F)n3n2)sc(C(N)=O)c1C. The molecule has 186 valence electrons. The maximum atomic E-state index is 13.8. The van der Waals surface area contributed by atoms with Gasteiger partial charge in [0.1, 0.15) is 10.8 Å². The molecular weight excluding hydrogens is 506 g/mol. The third-order valence-electron chi connectivity index (χ3n) is 5.08. The number of rotatable bonds is 5. The van der Waals surface area contributed by atoms with Crippen molar-refractivity contribution in [1.29, 1.82) is 0 Å². The number of fused-ring (bicyclic) bond motifs is 1. The van der Waals surface area contributed by atoms with E-state index in [2.05, 4.69) is 20.1 Å². The summed E-state index contributed by atoms with van der Waals surface area (Å²) in [6, 6.07) is 6.43. The fraction of sp³-hybridized carbons (Fsp3) is 0.136. The second-order valence-corrected chi connectivity index (χ2v) is 8.42. The van der Waals surface area contributed by atoms with Gasteiger partial charge in [0.2, 0.25) is 0 Å². The first-order valence-corrected chi connectivity index (χ1v) is 10.8. The molecule has 0 unspecified atom stereocenters. The number of nitrogens with one attached hydrogen (secondary N) is 1. The molecule has 0 aliphatic rings. The van der Waals surface area contributed by atoms with Crippen LogP contribution in [0.1, 0.15) is 41.8 Å². The van der Waals surface area contributed by atoms with Crippen LogP contribution in [0.4, 0.5) is 22.6 Å². The molecule has 3 aromatic heterocycles. The number of aromatic nitrogens is 3. The lowest BCUT2D eigenvalue weighted by atomic mass is 10.1. The number of benzene rings is 1. The van der Waals surface area contributed by atoms with Crippen LogP contribution in [-0.4, -0.2) is 39.5 Å². The van der Waals surface area contributed by atoms with E-state index in [4.69, 9.17) is 5.73 Å². The van der Waals surface area contributed by atoms with Crippen LogP contribution in [-0.2, 0) is 10.9 Å². The number of nitrogens with two attached hydrogens (primary N) is 1. The molecule has 0 aliphatic carbocycles. The van der Waals surface area contributed by atoms with Crippen molar-refractivity contribution in [2.24, 2.45) is 5.73 Å². The van der Waals surface area contributed by atoms with Gasteiger partial charge in [0.15, 0.2) is 17.0 Å². The molecular formula is C22H15F4N5O4S. The van der Waals surface area contributed by atoms with Gasteiger partial charge in [-0.15, -0.1) is 11.3 Å². The first-order chi connectivity index (χ1) is 16.9. The third-order valence-corrected chi connectivity index (χ3v) is 6.30. The number of carbonyl (C=O) groups is 3. The van der Waals surface area contributed by atoms with Gasteiger partial charge in [-0.05, 0) is 42.8 Å². The summed E-state index contributed by atoms with van der Waals surface area (Å²) in [7, 11) is 1.10. The zero-order chi connectivity index (χ0) is 26.4. The van der Waals surface area contributed by atoms with Crippen molar-refractivity contribution in [2.45, 2.75) is 13.1 Å². The predicted octanol–water partition coefficient (Wildman–Crippen LogP) is 4.06. The highest BCUT2D eigenvalue weighted by molar-refractivity contribution is 7.18. The van der Waals surface area contributed by atoms with Crippen LogP contribution in [0.15, 0.2) is 36.4 Å². The third kappa shape index (κ3) is 4.49. The molecule has 14 heteroatoms. The fourth-order valence-electron chi connectivity index (χ4n) is 3.41. The second kappa shape index (κ2) is 9.03. The number of anilines is 1. The molecule has 9 nitrogen and oxygen atoms in total. The van der Waals surface area contributed by atoms with Crippen LogP contribution in [0.5, 0.6) is 0 Å². The van der Waals surface area contributed by atoms with Crippen molar-refractivity contribution in [2.75, 3.05) is 12.4 Å². The average Bonchev–Trinajstić information content (AvgIpc) is 3.39. The van der Waals surface area contributed by atoms with Crippen molar-refractivity contribution in [1.82, 2.24) is 14.6 Å². The molecule has 0 fully saturated rings. The van der Waals surface area contributed by atoms with E-state index in [0.717, 1.165) is 31.4 Å². The first kappa shape index (κ1) is 24.8. The van der Waals surface area contributed by atoms with E-state index < -0.39 is 41.2 Å². The molecule has 0 saturated carbocycles. The number of hydrogen-bond donors (Lipinski definition) is 2. The zero-order valence-electron chi connectivity index (χ0n) is 18.4. The van der Waals surface area contributed by atoms with Crippen LogP contribution < -0.4 is 11.1 Å². The lowest BCUT2D eigenvalue weighted by Gasteiger charge is -2.11. The number of carbonyl (C=O) groups excluding carboxylic acids is 3. The van der Waals surface area contributed by atoms with E-state index in [1.165, 1.54) is 19.1 Å². The monoisotopic (exact) mass is 521 g/mol. The van der Waals surface area contributed by atoms with Crippen molar-refractivity contribution in [3.05, 3.63) is 69.6 Å². The van der Waals surface area contributed by atoms with E-state index in [9.17, 15) is 31.9 Å². The van der Waals surface area contributed by atoms with Crippen molar-refractivity contribution in [3.63, 3.8) is 0 Å². The van der Waals surface area contributed by atoms with Crippen LogP contribution in [0, 0.1) is 12.7 Å². The molecule has 4 aromatic rings.